The van der Waals surface area contributed by atoms with E-state index < -0.39 is 0 Å². The summed E-state index contributed by atoms with van der Waals surface area (Å²) in [4.78, 5) is 24.6. The molecular weight excluding hydrogens is 354 g/mol. The number of hydrogen-bond donors (Lipinski definition) is 1. The third-order valence-electron chi connectivity index (χ3n) is 4.27. The minimum absolute atomic E-state index is 0.105. The van der Waals surface area contributed by atoms with Crippen LogP contribution in [0.25, 0.3) is 0 Å². The lowest BCUT2D eigenvalue weighted by Gasteiger charge is -2.34. The van der Waals surface area contributed by atoms with Gasteiger partial charge in [-0.1, -0.05) is 11.6 Å². The molecule has 8 heteroatoms. The van der Waals surface area contributed by atoms with Gasteiger partial charge in [-0.3, -0.25) is 4.79 Å². The molecule has 1 aliphatic heterocycles. The summed E-state index contributed by atoms with van der Waals surface area (Å²) in [5, 5.41) is 3.79. The molecule has 138 valence electrons. The van der Waals surface area contributed by atoms with Crippen LogP contribution >= 0.6 is 11.6 Å². The molecule has 1 fully saturated rings. The predicted octanol–water partition coefficient (Wildman–Crippen LogP) is 2.86. The van der Waals surface area contributed by atoms with Crippen LogP contribution in [0, 0.1) is 6.92 Å². The smallest absolute Gasteiger partial charge is 0.227 e. The normalized spacial score (nSPS) is 14.3. The van der Waals surface area contributed by atoms with E-state index in [9.17, 15) is 4.79 Å². The van der Waals surface area contributed by atoms with Crippen molar-refractivity contribution in [2.24, 2.45) is 0 Å². The second-order valence-corrected chi connectivity index (χ2v) is 6.57. The van der Waals surface area contributed by atoms with Crippen LogP contribution in [0.5, 0.6) is 5.75 Å². The highest BCUT2D eigenvalue weighted by Crippen LogP contribution is 2.29. The Morgan fingerprint density at radius 2 is 1.92 bits per heavy atom. The zero-order valence-corrected chi connectivity index (χ0v) is 15.9. The Morgan fingerprint density at radius 1 is 1.19 bits per heavy atom. The van der Waals surface area contributed by atoms with Gasteiger partial charge < -0.3 is 19.9 Å². The Labute approximate surface area is 157 Å². The molecule has 7 nitrogen and oxygen atoms in total. The fraction of sp³-hybridized carbons (Fsp3) is 0.389. The molecule has 0 atom stereocenters. The summed E-state index contributed by atoms with van der Waals surface area (Å²) in [5.41, 5.74) is 1.69. The lowest BCUT2D eigenvalue weighted by molar-refractivity contribution is -0.129. The largest absolute Gasteiger partial charge is 0.495 e. The number of amides is 1. The minimum atomic E-state index is 0.105. The number of nitrogens with zero attached hydrogens (tertiary/aromatic N) is 4. The Hall–Kier alpha value is -2.54. The van der Waals surface area contributed by atoms with Gasteiger partial charge in [-0.2, -0.15) is 4.98 Å². The average molecular weight is 376 g/mol. The molecule has 0 unspecified atom stereocenters. The summed E-state index contributed by atoms with van der Waals surface area (Å²) in [7, 11) is 1.58. The molecule has 1 aromatic heterocycles. The molecule has 0 aliphatic carbocycles. The van der Waals surface area contributed by atoms with Crippen molar-refractivity contribution < 1.29 is 9.53 Å². The first kappa shape index (κ1) is 18.3. The second-order valence-electron chi connectivity index (χ2n) is 6.16. The number of methoxy groups -OCH3 is 1. The number of benzene rings is 1. The summed E-state index contributed by atoms with van der Waals surface area (Å²) in [6.45, 7) is 6.34. The molecule has 0 spiro atoms. The summed E-state index contributed by atoms with van der Waals surface area (Å²) in [5.74, 6) is 2.09. The van der Waals surface area contributed by atoms with Gasteiger partial charge in [0.2, 0.25) is 11.9 Å². The maximum Gasteiger partial charge on any atom is 0.227 e. The van der Waals surface area contributed by atoms with Crippen LogP contribution in [0.15, 0.2) is 24.3 Å². The molecule has 1 saturated heterocycles. The van der Waals surface area contributed by atoms with E-state index in [-0.39, 0.29) is 5.91 Å². The van der Waals surface area contributed by atoms with E-state index in [4.69, 9.17) is 16.3 Å². The highest BCUT2D eigenvalue weighted by atomic mass is 35.5. The first-order chi connectivity index (χ1) is 12.5. The predicted molar refractivity (Wildman–Crippen MR) is 103 cm³/mol. The van der Waals surface area contributed by atoms with Crippen molar-refractivity contribution >= 4 is 35.0 Å². The van der Waals surface area contributed by atoms with Crippen molar-refractivity contribution in [3.05, 3.63) is 35.0 Å². The molecule has 2 aromatic rings. The maximum atomic E-state index is 11.5. The number of piperazine rings is 1. The third kappa shape index (κ3) is 4.16. The lowest BCUT2D eigenvalue weighted by Crippen LogP contribution is -2.48. The standard InChI is InChI=1S/C18H22ClN5O2/c1-12-10-17(21-14-4-5-16(26-3)15(19)11-14)22-18(20-12)24-8-6-23(7-9-24)13(2)25/h4-5,10-11H,6-9H2,1-3H3,(H,20,21,22). The Kier molecular flexibility index (Phi) is 5.46. The molecule has 3 rings (SSSR count). The molecule has 1 aliphatic rings. The van der Waals surface area contributed by atoms with E-state index in [2.05, 4.69) is 20.2 Å². The molecule has 1 aromatic carbocycles. The molecule has 2 heterocycles. The van der Waals surface area contributed by atoms with Crippen molar-refractivity contribution in [2.45, 2.75) is 13.8 Å². The van der Waals surface area contributed by atoms with Gasteiger partial charge in [-0.25, -0.2) is 4.98 Å². The summed E-state index contributed by atoms with van der Waals surface area (Å²) < 4.78 is 5.17. The molecule has 0 bridgehead atoms. The van der Waals surface area contributed by atoms with Crippen LogP contribution in [0.1, 0.15) is 12.6 Å². The highest BCUT2D eigenvalue weighted by molar-refractivity contribution is 6.32. The number of aryl methyl sites for hydroxylation is 1. The molecule has 0 saturated carbocycles. The van der Waals surface area contributed by atoms with Gasteiger partial charge in [0.15, 0.2) is 0 Å². The molecule has 0 radical (unpaired) electrons. The number of halogens is 1. The van der Waals surface area contributed by atoms with Crippen molar-refractivity contribution in [1.29, 1.82) is 0 Å². The van der Waals surface area contributed by atoms with E-state index in [0.717, 1.165) is 24.5 Å². The number of aromatic nitrogens is 2. The highest BCUT2D eigenvalue weighted by Gasteiger charge is 2.21. The average Bonchev–Trinajstić information content (AvgIpc) is 2.61. The fourth-order valence-electron chi connectivity index (χ4n) is 2.87. The van der Waals surface area contributed by atoms with E-state index in [1.165, 1.54) is 0 Å². The topological polar surface area (TPSA) is 70.6 Å². The number of carbonyl (C=O) groups excluding carboxylic acids is 1. The Morgan fingerprint density at radius 3 is 2.54 bits per heavy atom. The number of hydrogen-bond acceptors (Lipinski definition) is 6. The molecular formula is C18H22ClN5O2. The van der Waals surface area contributed by atoms with Crippen LogP contribution < -0.4 is 15.0 Å². The van der Waals surface area contributed by atoms with Gasteiger partial charge in [0, 0.05) is 50.6 Å². The van der Waals surface area contributed by atoms with E-state index in [1.54, 1.807) is 26.2 Å². The van der Waals surface area contributed by atoms with Gasteiger partial charge in [0.05, 0.1) is 12.1 Å². The van der Waals surface area contributed by atoms with Crippen LogP contribution in [-0.4, -0.2) is 54.1 Å². The summed E-state index contributed by atoms with van der Waals surface area (Å²) in [6.07, 6.45) is 0. The molecule has 1 N–H and O–H groups in total. The van der Waals surface area contributed by atoms with E-state index >= 15 is 0 Å². The first-order valence-corrected chi connectivity index (χ1v) is 8.81. The van der Waals surface area contributed by atoms with Crippen molar-refractivity contribution in [1.82, 2.24) is 14.9 Å². The SMILES string of the molecule is COc1ccc(Nc2cc(C)nc(N3CCN(C(C)=O)CC3)n2)cc1Cl. The number of anilines is 3. The number of ether oxygens (including phenoxy) is 1. The van der Waals surface area contributed by atoms with Gasteiger partial charge in [0.1, 0.15) is 11.6 Å². The molecule has 1 amide bonds. The second kappa shape index (κ2) is 7.78. The van der Waals surface area contributed by atoms with Crippen LogP contribution in [0.2, 0.25) is 5.02 Å². The number of rotatable bonds is 4. The van der Waals surface area contributed by atoms with Gasteiger partial charge in [0.25, 0.3) is 0 Å². The number of nitrogens with one attached hydrogen (secondary N) is 1. The Balaban J connectivity index is 1.76. The van der Waals surface area contributed by atoms with Gasteiger partial charge in [-0.05, 0) is 25.1 Å². The van der Waals surface area contributed by atoms with Crippen LogP contribution in [0.3, 0.4) is 0 Å². The number of carbonyl (C=O) groups is 1. The first-order valence-electron chi connectivity index (χ1n) is 8.43. The van der Waals surface area contributed by atoms with E-state index in [0.29, 0.717) is 35.6 Å². The van der Waals surface area contributed by atoms with Crippen molar-refractivity contribution in [3.63, 3.8) is 0 Å². The van der Waals surface area contributed by atoms with Gasteiger partial charge in [-0.15, -0.1) is 0 Å². The van der Waals surface area contributed by atoms with Gasteiger partial charge >= 0.3 is 0 Å². The zero-order valence-electron chi connectivity index (χ0n) is 15.1. The fourth-order valence-corrected chi connectivity index (χ4v) is 3.13. The van der Waals surface area contributed by atoms with Crippen molar-refractivity contribution in [2.75, 3.05) is 43.5 Å². The summed E-state index contributed by atoms with van der Waals surface area (Å²) >= 11 is 6.18. The maximum absolute atomic E-state index is 11.5. The quantitative estimate of drug-likeness (QED) is 0.886. The third-order valence-corrected chi connectivity index (χ3v) is 4.57. The summed E-state index contributed by atoms with van der Waals surface area (Å²) in [6, 6.07) is 7.37. The Bertz CT molecular complexity index is 806. The zero-order chi connectivity index (χ0) is 18.7. The van der Waals surface area contributed by atoms with E-state index in [1.807, 2.05) is 24.0 Å². The lowest BCUT2D eigenvalue weighted by atomic mass is 10.3. The minimum Gasteiger partial charge on any atom is -0.495 e. The monoisotopic (exact) mass is 375 g/mol. The van der Waals surface area contributed by atoms with Crippen molar-refractivity contribution in [3.8, 4) is 5.75 Å². The van der Waals surface area contributed by atoms with Crippen LogP contribution in [-0.2, 0) is 4.79 Å². The van der Waals surface area contributed by atoms with Crippen LogP contribution in [0.4, 0.5) is 17.5 Å². The molecule has 26 heavy (non-hydrogen) atoms.